The summed E-state index contributed by atoms with van der Waals surface area (Å²) >= 11 is 0. The SMILES string of the molecule is Cc1cc(S(=O)(=O)N2CCCc3ccccc32)ccc1OCC(=O)NCc1ccccn1. The fourth-order valence-corrected chi connectivity index (χ4v) is 5.33. The molecule has 3 aromatic rings. The van der Waals surface area contributed by atoms with Crippen LogP contribution in [-0.4, -0.2) is 32.5 Å². The molecule has 0 radical (unpaired) electrons. The second-order valence-electron chi connectivity index (χ2n) is 7.62. The van der Waals surface area contributed by atoms with E-state index in [1.165, 1.54) is 10.4 Å². The van der Waals surface area contributed by atoms with Gasteiger partial charge < -0.3 is 10.1 Å². The fraction of sp³-hybridized carbons (Fsp3) is 0.250. The molecule has 1 aromatic heterocycles. The first kappa shape index (κ1) is 21.8. The highest BCUT2D eigenvalue weighted by Crippen LogP contribution is 2.33. The number of benzene rings is 2. The average Bonchev–Trinajstić information content (AvgIpc) is 2.82. The number of aryl methyl sites for hydroxylation is 2. The normalized spacial score (nSPS) is 13.3. The van der Waals surface area contributed by atoms with Crippen LogP contribution in [0.3, 0.4) is 0 Å². The lowest BCUT2D eigenvalue weighted by Crippen LogP contribution is -2.35. The summed E-state index contributed by atoms with van der Waals surface area (Å²) in [5, 5.41) is 2.75. The zero-order valence-corrected chi connectivity index (χ0v) is 18.6. The van der Waals surface area contributed by atoms with Gasteiger partial charge in [-0.3, -0.25) is 14.1 Å². The second kappa shape index (κ2) is 9.40. The van der Waals surface area contributed by atoms with Crippen LogP contribution < -0.4 is 14.4 Å². The molecule has 166 valence electrons. The molecule has 1 aliphatic rings. The predicted molar refractivity (Wildman–Crippen MR) is 122 cm³/mol. The van der Waals surface area contributed by atoms with Crippen molar-refractivity contribution in [2.24, 2.45) is 0 Å². The van der Waals surface area contributed by atoms with Gasteiger partial charge in [0.15, 0.2) is 6.61 Å². The van der Waals surface area contributed by atoms with Gasteiger partial charge in [0, 0.05) is 12.7 Å². The molecule has 0 aliphatic carbocycles. The highest BCUT2D eigenvalue weighted by molar-refractivity contribution is 7.92. The summed E-state index contributed by atoms with van der Waals surface area (Å²) in [5.41, 5.74) is 3.18. The molecule has 0 spiro atoms. The van der Waals surface area contributed by atoms with Gasteiger partial charge in [0.2, 0.25) is 0 Å². The van der Waals surface area contributed by atoms with E-state index in [2.05, 4.69) is 10.3 Å². The molecule has 2 aromatic carbocycles. The van der Waals surface area contributed by atoms with Crippen molar-refractivity contribution in [3.63, 3.8) is 0 Å². The Morgan fingerprint density at radius 1 is 1.12 bits per heavy atom. The first-order valence-electron chi connectivity index (χ1n) is 10.5. The maximum absolute atomic E-state index is 13.3. The third-order valence-corrected chi connectivity index (χ3v) is 7.16. The van der Waals surface area contributed by atoms with E-state index < -0.39 is 10.0 Å². The zero-order valence-electron chi connectivity index (χ0n) is 17.8. The van der Waals surface area contributed by atoms with Gasteiger partial charge in [-0.05, 0) is 67.3 Å². The van der Waals surface area contributed by atoms with Crippen LogP contribution in [0.5, 0.6) is 5.75 Å². The molecule has 2 heterocycles. The first-order chi connectivity index (χ1) is 15.4. The Kier molecular flexibility index (Phi) is 6.41. The maximum atomic E-state index is 13.3. The summed E-state index contributed by atoms with van der Waals surface area (Å²) in [5.74, 6) is 0.188. The van der Waals surface area contributed by atoms with Gasteiger partial charge in [-0.15, -0.1) is 0 Å². The number of aromatic nitrogens is 1. The fourth-order valence-electron chi connectivity index (χ4n) is 3.71. The Balaban J connectivity index is 1.42. The van der Waals surface area contributed by atoms with E-state index in [1.807, 2.05) is 42.5 Å². The lowest BCUT2D eigenvalue weighted by atomic mass is 10.0. The maximum Gasteiger partial charge on any atom is 0.264 e. The highest BCUT2D eigenvalue weighted by atomic mass is 32.2. The highest BCUT2D eigenvalue weighted by Gasteiger charge is 2.29. The molecule has 0 saturated heterocycles. The molecule has 8 heteroatoms. The topological polar surface area (TPSA) is 88.6 Å². The van der Waals surface area contributed by atoms with Crippen molar-refractivity contribution in [1.82, 2.24) is 10.3 Å². The smallest absolute Gasteiger partial charge is 0.264 e. The van der Waals surface area contributed by atoms with E-state index in [4.69, 9.17) is 4.74 Å². The van der Waals surface area contributed by atoms with Crippen LogP contribution in [-0.2, 0) is 27.8 Å². The van der Waals surface area contributed by atoms with Crippen LogP contribution in [0.25, 0.3) is 0 Å². The Morgan fingerprint density at radius 2 is 1.94 bits per heavy atom. The lowest BCUT2D eigenvalue weighted by Gasteiger charge is -2.30. The van der Waals surface area contributed by atoms with Crippen LogP contribution in [0.1, 0.15) is 23.2 Å². The molecular weight excluding hydrogens is 426 g/mol. The minimum atomic E-state index is -3.69. The molecule has 32 heavy (non-hydrogen) atoms. The summed E-state index contributed by atoms with van der Waals surface area (Å²) in [4.78, 5) is 16.4. The number of sulfonamides is 1. The van der Waals surface area contributed by atoms with Crippen molar-refractivity contribution < 1.29 is 17.9 Å². The summed E-state index contributed by atoms with van der Waals surface area (Å²) in [6.07, 6.45) is 3.32. The van der Waals surface area contributed by atoms with Crippen molar-refractivity contribution >= 4 is 21.6 Å². The monoisotopic (exact) mass is 451 g/mol. The lowest BCUT2D eigenvalue weighted by molar-refractivity contribution is -0.123. The molecule has 0 bridgehead atoms. The Morgan fingerprint density at radius 3 is 2.72 bits per heavy atom. The Bertz CT molecular complexity index is 1210. The Hall–Kier alpha value is -3.39. The molecular formula is C24H25N3O4S. The number of hydrogen-bond donors (Lipinski definition) is 1. The van der Waals surface area contributed by atoms with Crippen LogP contribution in [0.4, 0.5) is 5.69 Å². The molecule has 7 nitrogen and oxygen atoms in total. The van der Waals surface area contributed by atoms with Crippen LogP contribution >= 0.6 is 0 Å². The third kappa shape index (κ3) is 4.75. The van der Waals surface area contributed by atoms with E-state index in [-0.39, 0.29) is 17.4 Å². The number of para-hydroxylation sites is 1. The quantitative estimate of drug-likeness (QED) is 0.596. The number of rotatable bonds is 7. The van der Waals surface area contributed by atoms with Gasteiger partial charge in [0.25, 0.3) is 15.9 Å². The second-order valence-corrected chi connectivity index (χ2v) is 9.49. The number of hydrogen-bond acceptors (Lipinski definition) is 5. The van der Waals surface area contributed by atoms with E-state index in [0.717, 1.165) is 29.8 Å². The van der Waals surface area contributed by atoms with Gasteiger partial charge in [-0.2, -0.15) is 0 Å². The van der Waals surface area contributed by atoms with Gasteiger partial charge in [0.05, 0.1) is 22.8 Å². The summed E-state index contributed by atoms with van der Waals surface area (Å²) in [6, 6.07) is 17.8. The molecule has 4 rings (SSSR count). The summed E-state index contributed by atoms with van der Waals surface area (Å²) in [6.45, 7) is 2.37. The number of amides is 1. The number of anilines is 1. The van der Waals surface area contributed by atoms with Gasteiger partial charge in [-0.25, -0.2) is 8.42 Å². The number of carbonyl (C=O) groups is 1. The van der Waals surface area contributed by atoms with E-state index in [0.29, 0.717) is 24.4 Å². The van der Waals surface area contributed by atoms with Crippen molar-refractivity contribution in [1.29, 1.82) is 0 Å². The number of nitrogens with zero attached hydrogens (tertiary/aromatic N) is 2. The molecule has 0 unspecified atom stereocenters. The number of fused-ring (bicyclic) bond motifs is 1. The predicted octanol–water partition coefficient (Wildman–Crippen LogP) is 3.23. The number of nitrogens with one attached hydrogen (secondary N) is 1. The zero-order chi connectivity index (χ0) is 22.6. The number of ether oxygens (including phenoxy) is 1. The van der Waals surface area contributed by atoms with E-state index in [9.17, 15) is 13.2 Å². The minimum absolute atomic E-state index is 0.167. The Labute approximate surface area is 188 Å². The molecule has 1 aliphatic heterocycles. The van der Waals surface area contributed by atoms with E-state index in [1.54, 1.807) is 25.3 Å². The third-order valence-electron chi connectivity index (χ3n) is 5.35. The van der Waals surface area contributed by atoms with Crippen molar-refractivity contribution in [2.45, 2.75) is 31.2 Å². The summed E-state index contributed by atoms with van der Waals surface area (Å²) < 4.78 is 33.7. The molecule has 1 N–H and O–H groups in total. The first-order valence-corrected chi connectivity index (χ1v) is 11.9. The molecule has 0 atom stereocenters. The van der Waals surface area contributed by atoms with E-state index >= 15 is 0 Å². The van der Waals surface area contributed by atoms with Crippen molar-refractivity contribution in [3.8, 4) is 5.75 Å². The standard InChI is InChI=1S/C24H25N3O4S/c1-18-15-21(32(29,30)27-14-6-8-19-7-2-3-10-22(19)27)11-12-23(18)31-17-24(28)26-16-20-9-4-5-13-25-20/h2-5,7,9-13,15H,6,8,14,16-17H2,1H3,(H,26,28). The summed E-state index contributed by atoms with van der Waals surface area (Å²) in [7, 11) is -3.69. The largest absolute Gasteiger partial charge is 0.484 e. The van der Waals surface area contributed by atoms with Crippen LogP contribution in [0, 0.1) is 6.92 Å². The van der Waals surface area contributed by atoms with Gasteiger partial charge in [-0.1, -0.05) is 24.3 Å². The van der Waals surface area contributed by atoms with Gasteiger partial charge in [0.1, 0.15) is 5.75 Å². The molecule has 0 saturated carbocycles. The molecule has 0 fully saturated rings. The van der Waals surface area contributed by atoms with Crippen LogP contribution in [0.2, 0.25) is 0 Å². The number of pyridine rings is 1. The van der Waals surface area contributed by atoms with Gasteiger partial charge >= 0.3 is 0 Å². The van der Waals surface area contributed by atoms with Crippen molar-refractivity contribution in [2.75, 3.05) is 17.5 Å². The minimum Gasteiger partial charge on any atom is -0.484 e. The van der Waals surface area contributed by atoms with Crippen molar-refractivity contribution in [3.05, 3.63) is 83.7 Å². The molecule has 1 amide bonds. The average molecular weight is 452 g/mol. The van der Waals surface area contributed by atoms with Crippen LogP contribution in [0.15, 0.2) is 71.8 Å². The number of carbonyl (C=O) groups excluding carboxylic acids is 1.